The summed E-state index contributed by atoms with van der Waals surface area (Å²) in [5.41, 5.74) is -4.44. The number of hydrogen-bond acceptors (Lipinski definition) is 8. The molecule has 2 atom stereocenters. The van der Waals surface area contributed by atoms with Crippen molar-refractivity contribution in [3.63, 3.8) is 0 Å². The van der Waals surface area contributed by atoms with E-state index in [1.807, 2.05) is 0 Å². The molecular formula is C28H19F6NO9. The van der Waals surface area contributed by atoms with Gasteiger partial charge in [-0.3, -0.25) is 4.79 Å². The molecule has 0 spiro atoms. The molecule has 0 aliphatic heterocycles. The second-order valence-corrected chi connectivity index (χ2v) is 8.71. The number of ether oxygens (including phenoxy) is 3. The summed E-state index contributed by atoms with van der Waals surface area (Å²) < 4.78 is 93.1. The number of carbonyl (C=O) groups is 5. The van der Waals surface area contributed by atoms with Gasteiger partial charge in [0.05, 0.1) is 34.9 Å². The van der Waals surface area contributed by atoms with Crippen molar-refractivity contribution in [1.82, 2.24) is 0 Å². The summed E-state index contributed by atoms with van der Waals surface area (Å²) in [4.78, 5) is 62.7. The van der Waals surface area contributed by atoms with Gasteiger partial charge in [0.1, 0.15) is 0 Å². The van der Waals surface area contributed by atoms with Gasteiger partial charge in [0.15, 0.2) is 0 Å². The Morgan fingerprint density at radius 3 is 1.52 bits per heavy atom. The van der Waals surface area contributed by atoms with Crippen molar-refractivity contribution in [3.8, 4) is 0 Å². The van der Waals surface area contributed by atoms with Crippen LogP contribution in [0.5, 0.6) is 0 Å². The van der Waals surface area contributed by atoms with Gasteiger partial charge in [0.2, 0.25) is 12.2 Å². The second kappa shape index (κ2) is 13.3. The molecule has 0 saturated heterocycles. The van der Waals surface area contributed by atoms with E-state index < -0.39 is 76.6 Å². The number of esters is 3. The number of methoxy groups -OCH3 is 1. The van der Waals surface area contributed by atoms with Crippen molar-refractivity contribution < 1.29 is 69.6 Å². The zero-order chi connectivity index (χ0) is 32.8. The molecule has 0 aromatic heterocycles. The third-order valence-electron chi connectivity index (χ3n) is 5.65. The van der Waals surface area contributed by atoms with Crippen LogP contribution >= 0.6 is 0 Å². The molecule has 0 saturated carbocycles. The van der Waals surface area contributed by atoms with Gasteiger partial charge in [0.25, 0.3) is 5.91 Å². The number of carbonyl (C=O) groups excluding carboxylic acids is 4. The molecule has 10 nitrogen and oxygen atoms in total. The molecule has 2 N–H and O–H groups in total. The number of carboxylic acid groups (broad SMARTS) is 1. The molecule has 3 aromatic rings. The first-order chi connectivity index (χ1) is 20.5. The first-order valence-electron chi connectivity index (χ1n) is 12.0. The summed E-state index contributed by atoms with van der Waals surface area (Å²) in [7, 11) is 1.06. The lowest BCUT2D eigenvalue weighted by molar-refractivity contribution is -0.157. The predicted molar refractivity (Wildman–Crippen MR) is 135 cm³/mol. The average molecular weight is 627 g/mol. The van der Waals surface area contributed by atoms with Gasteiger partial charge >= 0.3 is 36.2 Å². The van der Waals surface area contributed by atoms with E-state index in [1.165, 1.54) is 18.2 Å². The molecule has 0 radical (unpaired) electrons. The third kappa shape index (κ3) is 8.33. The molecule has 232 valence electrons. The van der Waals surface area contributed by atoms with Gasteiger partial charge in [-0.1, -0.05) is 18.2 Å². The Balaban J connectivity index is 2.00. The number of anilines is 1. The maximum absolute atomic E-state index is 13.2. The van der Waals surface area contributed by atoms with Crippen LogP contribution in [0.25, 0.3) is 0 Å². The van der Waals surface area contributed by atoms with Crippen molar-refractivity contribution in [1.29, 1.82) is 0 Å². The number of rotatable bonds is 9. The standard InChI is InChI=1S/C28H19F6NO9/c1-42-24(39)16-7-4-10-19(13-16)35-22(36)20(43-25(40)14-5-2-8-17(11-14)27(29,30)31)21(23(37)38)44-26(41)15-6-3-9-18(12-15)28(32,33)34/h2-13,20-21H,1H3,(H,35,36)(H,37,38)/t20-,21-/m0/s1. The van der Waals surface area contributed by atoms with E-state index in [4.69, 9.17) is 9.47 Å². The number of aliphatic carboxylic acids is 1. The number of alkyl halides is 6. The maximum Gasteiger partial charge on any atom is 0.416 e. The lowest BCUT2D eigenvalue weighted by Crippen LogP contribution is -2.48. The second-order valence-electron chi connectivity index (χ2n) is 8.71. The van der Waals surface area contributed by atoms with E-state index in [9.17, 15) is 55.4 Å². The van der Waals surface area contributed by atoms with Crippen LogP contribution < -0.4 is 5.32 Å². The first-order valence-corrected chi connectivity index (χ1v) is 12.0. The molecule has 0 fully saturated rings. The van der Waals surface area contributed by atoms with Crippen molar-refractivity contribution in [2.45, 2.75) is 24.6 Å². The van der Waals surface area contributed by atoms with Crippen LogP contribution in [0, 0.1) is 0 Å². The van der Waals surface area contributed by atoms with Crippen LogP contribution in [-0.2, 0) is 36.2 Å². The number of benzene rings is 3. The monoisotopic (exact) mass is 627 g/mol. The highest BCUT2D eigenvalue weighted by Crippen LogP contribution is 2.31. The molecule has 3 aromatic carbocycles. The summed E-state index contributed by atoms with van der Waals surface area (Å²) in [5.74, 6) is -7.79. The average Bonchev–Trinajstić information content (AvgIpc) is 2.97. The van der Waals surface area contributed by atoms with E-state index in [1.54, 1.807) is 0 Å². The number of amides is 1. The molecule has 16 heteroatoms. The van der Waals surface area contributed by atoms with E-state index in [2.05, 4.69) is 10.1 Å². The number of hydrogen-bond donors (Lipinski definition) is 2. The minimum absolute atomic E-state index is 0.0893. The van der Waals surface area contributed by atoms with E-state index in [0.717, 1.165) is 37.4 Å². The summed E-state index contributed by atoms with van der Waals surface area (Å²) in [6.45, 7) is 0. The Hall–Kier alpha value is -5.41. The van der Waals surface area contributed by atoms with Crippen LogP contribution in [0.4, 0.5) is 32.0 Å². The van der Waals surface area contributed by atoms with Crippen molar-refractivity contribution in [2.24, 2.45) is 0 Å². The van der Waals surface area contributed by atoms with Crippen molar-refractivity contribution >= 4 is 35.5 Å². The van der Waals surface area contributed by atoms with Gasteiger partial charge < -0.3 is 24.6 Å². The van der Waals surface area contributed by atoms with Crippen LogP contribution in [0.3, 0.4) is 0 Å². The molecule has 44 heavy (non-hydrogen) atoms. The first kappa shape index (κ1) is 33.1. The number of halogens is 6. The minimum atomic E-state index is -4.90. The normalized spacial score (nSPS) is 12.8. The quantitative estimate of drug-likeness (QED) is 0.191. The Bertz CT molecular complexity index is 1590. The van der Waals surface area contributed by atoms with E-state index in [-0.39, 0.29) is 11.3 Å². The molecule has 0 unspecified atom stereocenters. The topological polar surface area (TPSA) is 145 Å². The fraction of sp³-hybridized carbons (Fsp3) is 0.179. The highest BCUT2D eigenvalue weighted by atomic mass is 19.4. The lowest BCUT2D eigenvalue weighted by atomic mass is 10.1. The summed E-state index contributed by atoms with van der Waals surface area (Å²) in [6.07, 6.45) is -15.1. The van der Waals surface area contributed by atoms with Gasteiger partial charge in [-0.25, -0.2) is 19.2 Å². The molecule has 1 amide bonds. The lowest BCUT2D eigenvalue weighted by Gasteiger charge is -2.24. The zero-order valence-electron chi connectivity index (χ0n) is 22.1. The third-order valence-corrected chi connectivity index (χ3v) is 5.65. The molecule has 0 heterocycles. The fourth-order valence-corrected chi connectivity index (χ4v) is 3.56. The Labute approximate surface area is 243 Å². The van der Waals surface area contributed by atoms with Gasteiger partial charge in [-0.2, -0.15) is 26.3 Å². The van der Waals surface area contributed by atoms with Crippen molar-refractivity contribution in [2.75, 3.05) is 12.4 Å². The van der Waals surface area contributed by atoms with Gasteiger partial charge in [-0.05, 0) is 54.6 Å². The highest BCUT2D eigenvalue weighted by molar-refractivity contribution is 6.02. The van der Waals surface area contributed by atoms with Gasteiger partial charge in [0, 0.05) is 5.69 Å². The predicted octanol–water partition coefficient (Wildman–Crippen LogP) is 4.99. The summed E-state index contributed by atoms with van der Waals surface area (Å²) in [5, 5.41) is 11.9. The zero-order valence-corrected chi connectivity index (χ0v) is 22.1. The largest absolute Gasteiger partial charge is 0.478 e. The van der Waals surface area contributed by atoms with Crippen LogP contribution in [0.1, 0.15) is 42.2 Å². The highest BCUT2D eigenvalue weighted by Gasteiger charge is 2.42. The molecular weight excluding hydrogens is 608 g/mol. The van der Waals surface area contributed by atoms with Crippen LogP contribution in [0.2, 0.25) is 0 Å². The SMILES string of the molecule is COC(=O)c1cccc(NC(=O)[C@@H](OC(=O)c2cccc(C(F)(F)F)c2)[C@H](OC(=O)c2cccc(C(F)(F)F)c2)C(=O)O)c1. The minimum Gasteiger partial charge on any atom is -0.478 e. The maximum atomic E-state index is 13.2. The van der Waals surface area contributed by atoms with Crippen LogP contribution in [0.15, 0.2) is 72.8 Å². The van der Waals surface area contributed by atoms with Crippen LogP contribution in [-0.4, -0.2) is 54.2 Å². The number of carboxylic acids is 1. The Morgan fingerprint density at radius 2 is 1.09 bits per heavy atom. The van der Waals surface area contributed by atoms with E-state index >= 15 is 0 Å². The molecule has 0 aliphatic carbocycles. The summed E-state index contributed by atoms with van der Waals surface area (Å²) in [6, 6.07) is 10.1. The van der Waals surface area contributed by atoms with E-state index in [0.29, 0.717) is 24.3 Å². The molecule has 3 rings (SSSR count). The Kier molecular flexibility index (Phi) is 9.98. The molecule has 0 bridgehead atoms. The number of nitrogens with one attached hydrogen (secondary N) is 1. The Morgan fingerprint density at radius 1 is 0.659 bits per heavy atom. The fourth-order valence-electron chi connectivity index (χ4n) is 3.56. The van der Waals surface area contributed by atoms with Crippen molar-refractivity contribution in [3.05, 3.63) is 101 Å². The summed E-state index contributed by atoms with van der Waals surface area (Å²) >= 11 is 0. The smallest absolute Gasteiger partial charge is 0.416 e. The molecule has 0 aliphatic rings. The van der Waals surface area contributed by atoms with Gasteiger partial charge in [-0.15, -0.1) is 0 Å².